The first-order valence-electron chi connectivity index (χ1n) is 4.02. The number of halogens is 1. The van der Waals surface area contributed by atoms with E-state index in [1.54, 1.807) is 6.07 Å². The predicted octanol–water partition coefficient (Wildman–Crippen LogP) is 3.47. The first-order chi connectivity index (χ1) is 6.11. The third kappa shape index (κ3) is 2.74. The number of rotatable bonds is 4. The summed E-state index contributed by atoms with van der Waals surface area (Å²) >= 11 is 5.64. The van der Waals surface area contributed by atoms with Crippen LogP contribution in [-0.4, -0.2) is 5.78 Å². The van der Waals surface area contributed by atoms with E-state index in [9.17, 15) is 4.79 Å². The number of hydrogen-bond donors (Lipinski definition) is 0. The van der Waals surface area contributed by atoms with Crippen LogP contribution in [0.15, 0.2) is 28.9 Å². The van der Waals surface area contributed by atoms with Gasteiger partial charge in [-0.05, 0) is 31.0 Å². The zero-order valence-electron chi connectivity index (χ0n) is 7.47. The lowest BCUT2D eigenvalue weighted by Gasteiger charge is -1.97. The van der Waals surface area contributed by atoms with Crippen LogP contribution >= 0.6 is 11.6 Å². The number of hydrogen-bond acceptors (Lipinski definition) is 2. The van der Waals surface area contributed by atoms with E-state index in [0.717, 1.165) is 5.57 Å². The molecule has 0 bridgehead atoms. The van der Waals surface area contributed by atoms with E-state index in [0.29, 0.717) is 18.4 Å². The summed E-state index contributed by atoms with van der Waals surface area (Å²) in [4.78, 5) is 11.4. The molecule has 0 aliphatic rings. The molecule has 0 spiro atoms. The number of allylic oxidation sites excluding steroid dienone is 1. The van der Waals surface area contributed by atoms with Crippen molar-refractivity contribution in [3.63, 3.8) is 0 Å². The fourth-order valence-corrected chi connectivity index (χ4v) is 1.17. The molecule has 0 aliphatic carbocycles. The summed E-state index contributed by atoms with van der Waals surface area (Å²) in [5.41, 5.74) is 1.45. The number of furan rings is 1. The molecular weight excluding hydrogens is 188 g/mol. The molecule has 1 rings (SSSR count). The topological polar surface area (TPSA) is 30.2 Å². The van der Waals surface area contributed by atoms with Gasteiger partial charge in [0.2, 0.25) is 5.22 Å². The maximum absolute atomic E-state index is 11.4. The van der Waals surface area contributed by atoms with Crippen LogP contribution in [0, 0.1) is 0 Å². The second kappa shape index (κ2) is 4.28. The molecule has 2 nitrogen and oxygen atoms in total. The highest BCUT2D eigenvalue weighted by Crippen LogP contribution is 2.19. The van der Waals surface area contributed by atoms with Crippen LogP contribution in [0.4, 0.5) is 0 Å². The lowest BCUT2D eigenvalue weighted by Crippen LogP contribution is -1.97. The number of Topliss-reactive ketones (excluding diaryl/α,β-unsaturated/α-hetero) is 1. The maximum Gasteiger partial charge on any atom is 0.203 e. The minimum Gasteiger partial charge on any atom is -0.452 e. The van der Waals surface area contributed by atoms with Crippen LogP contribution < -0.4 is 0 Å². The van der Waals surface area contributed by atoms with Crippen molar-refractivity contribution in [3.05, 3.63) is 35.3 Å². The van der Waals surface area contributed by atoms with Crippen molar-refractivity contribution >= 4 is 17.4 Å². The second-order valence-corrected chi connectivity index (χ2v) is 3.33. The zero-order chi connectivity index (χ0) is 9.84. The largest absolute Gasteiger partial charge is 0.452 e. The van der Waals surface area contributed by atoms with Gasteiger partial charge in [-0.3, -0.25) is 4.79 Å². The quantitative estimate of drug-likeness (QED) is 0.548. The number of carbonyl (C=O) groups is 1. The molecule has 3 heteroatoms. The Hall–Kier alpha value is -1.02. The predicted molar refractivity (Wildman–Crippen MR) is 52.1 cm³/mol. The molecule has 0 radical (unpaired) electrons. The van der Waals surface area contributed by atoms with Gasteiger partial charge < -0.3 is 4.42 Å². The normalized spacial score (nSPS) is 10.0. The van der Waals surface area contributed by atoms with Gasteiger partial charge in [0.05, 0.1) is 11.8 Å². The van der Waals surface area contributed by atoms with E-state index >= 15 is 0 Å². The Kier molecular flexibility index (Phi) is 3.32. The molecule has 0 aliphatic heterocycles. The van der Waals surface area contributed by atoms with Gasteiger partial charge in [0, 0.05) is 6.42 Å². The van der Waals surface area contributed by atoms with E-state index < -0.39 is 0 Å². The van der Waals surface area contributed by atoms with Crippen LogP contribution in [0.2, 0.25) is 5.22 Å². The second-order valence-electron chi connectivity index (χ2n) is 2.99. The molecule has 1 heterocycles. The fourth-order valence-electron chi connectivity index (χ4n) is 0.955. The van der Waals surface area contributed by atoms with E-state index in [1.165, 1.54) is 6.26 Å². The van der Waals surface area contributed by atoms with Crippen molar-refractivity contribution < 1.29 is 9.21 Å². The lowest BCUT2D eigenvalue weighted by atomic mass is 10.1. The zero-order valence-corrected chi connectivity index (χ0v) is 8.23. The lowest BCUT2D eigenvalue weighted by molar-refractivity contribution is 0.0982. The van der Waals surface area contributed by atoms with Gasteiger partial charge in [0.25, 0.3) is 0 Å². The third-order valence-electron chi connectivity index (χ3n) is 1.70. The molecule has 1 aromatic heterocycles. The standard InChI is InChI=1S/C10H11ClO2/c1-7(2)3-4-9(12)8-5-6-13-10(8)11/h5-6H,1,3-4H2,2H3. The first kappa shape index (κ1) is 10.1. The average molecular weight is 199 g/mol. The summed E-state index contributed by atoms with van der Waals surface area (Å²) < 4.78 is 4.81. The van der Waals surface area contributed by atoms with Gasteiger partial charge in [-0.1, -0.05) is 5.57 Å². The van der Waals surface area contributed by atoms with E-state index in [2.05, 4.69) is 6.58 Å². The Bertz CT molecular complexity index is 325. The Balaban J connectivity index is 2.59. The van der Waals surface area contributed by atoms with Gasteiger partial charge in [-0.15, -0.1) is 6.58 Å². The summed E-state index contributed by atoms with van der Waals surface area (Å²) in [7, 11) is 0. The Morgan fingerprint density at radius 2 is 2.31 bits per heavy atom. The van der Waals surface area contributed by atoms with Crippen molar-refractivity contribution in [3.8, 4) is 0 Å². The summed E-state index contributed by atoms with van der Waals surface area (Å²) in [5, 5.41) is 0.173. The van der Waals surface area contributed by atoms with Crippen molar-refractivity contribution in [2.45, 2.75) is 19.8 Å². The molecular formula is C10H11ClO2. The van der Waals surface area contributed by atoms with Gasteiger partial charge in [0.15, 0.2) is 5.78 Å². The Morgan fingerprint density at radius 3 is 2.77 bits per heavy atom. The fraction of sp³-hybridized carbons (Fsp3) is 0.300. The van der Waals surface area contributed by atoms with E-state index in [1.807, 2.05) is 6.92 Å². The Morgan fingerprint density at radius 1 is 1.62 bits per heavy atom. The van der Waals surface area contributed by atoms with Gasteiger partial charge in [-0.25, -0.2) is 0 Å². The minimum atomic E-state index is 0.00162. The first-order valence-corrected chi connectivity index (χ1v) is 4.39. The van der Waals surface area contributed by atoms with Gasteiger partial charge in [-0.2, -0.15) is 0 Å². The smallest absolute Gasteiger partial charge is 0.203 e. The van der Waals surface area contributed by atoms with Crippen LogP contribution in [0.5, 0.6) is 0 Å². The van der Waals surface area contributed by atoms with Crippen LogP contribution in [0.25, 0.3) is 0 Å². The molecule has 0 atom stereocenters. The van der Waals surface area contributed by atoms with Crippen molar-refractivity contribution in [1.82, 2.24) is 0 Å². The molecule has 70 valence electrons. The number of carbonyl (C=O) groups excluding carboxylic acids is 1. The molecule has 0 saturated carbocycles. The van der Waals surface area contributed by atoms with Gasteiger partial charge in [0.1, 0.15) is 0 Å². The molecule has 0 unspecified atom stereocenters. The average Bonchev–Trinajstić information content (AvgIpc) is 2.47. The van der Waals surface area contributed by atoms with Crippen LogP contribution in [-0.2, 0) is 0 Å². The minimum absolute atomic E-state index is 0.00162. The number of ketones is 1. The Labute approximate surface area is 82.2 Å². The summed E-state index contributed by atoms with van der Waals surface area (Å²) in [6, 6.07) is 1.59. The van der Waals surface area contributed by atoms with Crippen molar-refractivity contribution in [2.24, 2.45) is 0 Å². The monoisotopic (exact) mass is 198 g/mol. The highest BCUT2D eigenvalue weighted by molar-refractivity contribution is 6.32. The third-order valence-corrected chi connectivity index (χ3v) is 1.99. The highest BCUT2D eigenvalue weighted by Gasteiger charge is 2.11. The molecule has 1 aromatic rings. The molecule has 0 saturated heterocycles. The van der Waals surface area contributed by atoms with Crippen molar-refractivity contribution in [1.29, 1.82) is 0 Å². The molecule has 0 fully saturated rings. The molecule has 0 N–H and O–H groups in total. The van der Waals surface area contributed by atoms with E-state index in [-0.39, 0.29) is 11.0 Å². The highest BCUT2D eigenvalue weighted by atomic mass is 35.5. The molecule has 0 aromatic carbocycles. The molecule has 13 heavy (non-hydrogen) atoms. The van der Waals surface area contributed by atoms with Crippen LogP contribution in [0.3, 0.4) is 0 Å². The summed E-state index contributed by atoms with van der Waals surface area (Å²) in [6.45, 7) is 5.62. The molecule has 0 amide bonds. The van der Waals surface area contributed by atoms with Crippen molar-refractivity contribution in [2.75, 3.05) is 0 Å². The van der Waals surface area contributed by atoms with Crippen LogP contribution in [0.1, 0.15) is 30.1 Å². The maximum atomic E-state index is 11.4. The summed E-state index contributed by atoms with van der Waals surface area (Å²) in [6.07, 6.45) is 2.55. The summed E-state index contributed by atoms with van der Waals surface area (Å²) in [5.74, 6) is 0.00162. The van der Waals surface area contributed by atoms with E-state index in [4.69, 9.17) is 16.0 Å². The van der Waals surface area contributed by atoms with Gasteiger partial charge >= 0.3 is 0 Å². The SMILES string of the molecule is C=C(C)CCC(=O)c1ccoc1Cl.